The Morgan fingerprint density at radius 2 is 2.03 bits per heavy atom. The van der Waals surface area contributed by atoms with E-state index in [1.807, 2.05) is 61.2 Å². The van der Waals surface area contributed by atoms with Crippen molar-refractivity contribution in [3.05, 3.63) is 65.4 Å². The van der Waals surface area contributed by atoms with Crippen molar-refractivity contribution in [1.29, 1.82) is 0 Å². The van der Waals surface area contributed by atoms with Crippen LogP contribution in [0.15, 0.2) is 53.5 Å². The van der Waals surface area contributed by atoms with Crippen LogP contribution in [0.25, 0.3) is 0 Å². The molecule has 160 valence electrons. The molecule has 2 aromatic carbocycles. The minimum Gasteiger partial charge on any atom is -0.497 e. The third-order valence-corrected chi connectivity index (χ3v) is 5.91. The zero-order chi connectivity index (χ0) is 22.0. The molecule has 1 amide bonds. The summed E-state index contributed by atoms with van der Waals surface area (Å²) >= 11 is 1.32. The fraction of sp³-hybridized carbons (Fsp3) is 0.227. The Kier molecular flexibility index (Phi) is 5.97. The lowest BCUT2D eigenvalue weighted by Crippen LogP contribution is -2.41. The van der Waals surface area contributed by atoms with Crippen LogP contribution in [-0.2, 0) is 4.79 Å². The molecule has 0 fully saturated rings. The predicted octanol–water partition coefficient (Wildman–Crippen LogP) is 3.87. The largest absolute Gasteiger partial charge is 0.497 e. The molecule has 1 aliphatic rings. The Bertz CT molecular complexity index is 1130. The van der Waals surface area contributed by atoms with Gasteiger partial charge in [0, 0.05) is 23.1 Å². The number of hydrogen-bond acceptors (Lipinski definition) is 7. The number of H-pyrrole nitrogens is 1. The second kappa shape index (κ2) is 8.83. The van der Waals surface area contributed by atoms with E-state index in [1.165, 1.54) is 11.8 Å². The molecule has 0 saturated heterocycles. The fourth-order valence-electron chi connectivity index (χ4n) is 3.36. The van der Waals surface area contributed by atoms with Gasteiger partial charge in [0.05, 0.1) is 18.4 Å². The van der Waals surface area contributed by atoms with Gasteiger partial charge in [0.2, 0.25) is 5.91 Å². The van der Waals surface area contributed by atoms with E-state index in [1.54, 1.807) is 13.2 Å². The summed E-state index contributed by atoms with van der Waals surface area (Å²) in [5.41, 5.74) is 11.1. The van der Waals surface area contributed by atoms with Crippen molar-refractivity contribution in [3.63, 3.8) is 0 Å². The maximum Gasteiger partial charge on any atom is 0.234 e. The van der Waals surface area contributed by atoms with Crippen LogP contribution in [0.4, 0.5) is 17.2 Å². The number of amidine groups is 1. The summed E-state index contributed by atoms with van der Waals surface area (Å²) in [6.07, 6.45) is -0.460. The minimum atomic E-state index is -0.460. The number of rotatable bonds is 5. The molecule has 0 saturated carbocycles. The van der Waals surface area contributed by atoms with Crippen LogP contribution in [0.3, 0.4) is 0 Å². The van der Waals surface area contributed by atoms with Crippen LogP contribution in [0.5, 0.6) is 5.75 Å². The Balaban J connectivity index is 1.55. The summed E-state index contributed by atoms with van der Waals surface area (Å²) in [6.45, 7) is 3.96. The number of hydrogen-bond donors (Lipinski definition) is 3. The molecule has 9 heteroatoms. The molecule has 1 aliphatic heterocycles. The number of nitrogens with zero attached hydrogens (tertiary/aromatic N) is 3. The van der Waals surface area contributed by atoms with Crippen LogP contribution in [0.2, 0.25) is 0 Å². The normalized spacial score (nSPS) is 15.3. The molecule has 1 unspecified atom stereocenters. The smallest absolute Gasteiger partial charge is 0.234 e. The van der Waals surface area contributed by atoms with Gasteiger partial charge in [-0.1, -0.05) is 35.5 Å². The molecule has 0 bridgehead atoms. The van der Waals surface area contributed by atoms with Crippen molar-refractivity contribution in [2.45, 2.75) is 20.0 Å². The first kappa shape index (κ1) is 21.0. The molecule has 0 spiro atoms. The van der Waals surface area contributed by atoms with Crippen molar-refractivity contribution < 1.29 is 9.53 Å². The molecule has 8 nitrogen and oxygen atoms in total. The van der Waals surface area contributed by atoms with Crippen molar-refractivity contribution in [2.24, 2.45) is 10.7 Å². The molecular formula is C22H24N6O2S. The molecule has 1 aromatic heterocycles. The van der Waals surface area contributed by atoms with Crippen LogP contribution in [0.1, 0.15) is 23.0 Å². The van der Waals surface area contributed by atoms with Gasteiger partial charge in [-0.15, -0.1) is 0 Å². The van der Waals surface area contributed by atoms with Crippen molar-refractivity contribution in [3.8, 4) is 5.75 Å². The number of aromatic nitrogens is 2. The van der Waals surface area contributed by atoms with E-state index in [2.05, 4.69) is 20.5 Å². The van der Waals surface area contributed by atoms with Gasteiger partial charge < -0.3 is 20.7 Å². The Hall–Kier alpha value is -3.30. The van der Waals surface area contributed by atoms with Gasteiger partial charge in [0.15, 0.2) is 11.0 Å². The first-order valence-electron chi connectivity index (χ1n) is 9.78. The molecular weight excluding hydrogens is 412 g/mol. The van der Waals surface area contributed by atoms with Crippen LogP contribution in [-0.4, -0.2) is 34.1 Å². The summed E-state index contributed by atoms with van der Waals surface area (Å²) in [5.74, 6) is 1.26. The number of amides is 1. The lowest BCUT2D eigenvalue weighted by molar-refractivity contribution is -0.113. The number of aryl methyl sites for hydroxylation is 2. The van der Waals surface area contributed by atoms with Crippen LogP contribution >= 0.6 is 11.8 Å². The number of fused-ring (bicyclic) bond motifs is 1. The third kappa shape index (κ3) is 4.42. The van der Waals surface area contributed by atoms with Gasteiger partial charge >= 0.3 is 0 Å². The second-order valence-corrected chi connectivity index (χ2v) is 8.14. The van der Waals surface area contributed by atoms with Gasteiger partial charge in [-0.25, -0.2) is 4.99 Å². The summed E-state index contributed by atoms with van der Waals surface area (Å²) in [7, 11) is 1.59. The lowest BCUT2D eigenvalue weighted by Gasteiger charge is -2.34. The number of benzene rings is 2. The number of nitrogens with two attached hydrogens (primary N) is 1. The number of thioether (sulfide) groups is 1. The number of anilines is 2. The first-order valence-corrected chi connectivity index (χ1v) is 10.8. The van der Waals surface area contributed by atoms with Gasteiger partial charge in [-0.2, -0.15) is 5.10 Å². The molecule has 2 heterocycles. The van der Waals surface area contributed by atoms with Crippen molar-refractivity contribution in [1.82, 2.24) is 10.2 Å². The zero-order valence-corrected chi connectivity index (χ0v) is 18.4. The highest BCUT2D eigenvalue weighted by Gasteiger charge is 2.32. The topological polar surface area (TPSA) is 109 Å². The zero-order valence-electron chi connectivity index (χ0n) is 17.5. The van der Waals surface area contributed by atoms with E-state index < -0.39 is 6.17 Å². The Morgan fingerprint density at radius 1 is 1.26 bits per heavy atom. The van der Waals surface area contributed by atoms with Crippen LogP contribution in [0, 0.1) is 13.8 Å². The minimum absolute atomic E-state index is 0.151. The van der Waals surface area contributed by atoms with E-state index in [4.69, 9.17) is 10.5 Å². The molecule has 3 aromatic rings. The third-order valence-electron chi connectivity index (χ3n) is 4.95. The number of carbonyl (C=O) groups excluding carboxylic acids is 1. The molecule has 4 N–H and O–H groups in total. The Morgan fingerprint density at radius 3 is 2.77 bits per heavy atom. The number of aliphatic imine (C=N–C) groups is 1. The molecule has 31 heavy (non-hydrogen) atoms. The van der Waals surface area contributed by atoms with E-state index in [0.29, 0.717) is 22.4 Å². The summed E-state index contributed by atoms with van der Waals surface area (Å²) < 4.78 is 5.20. The predicted molar refractivity (Wildman–Crippen MR) is 125 cm³/mol. The standard InChI is InChI=1S/C22H24N6O2S/c1-13-7-9-16(10-8-13)28-20(23)19-14(2)26-27-21(19)25-22(28)31-12-18(29)24-15-5-4-6-17(11-15)30-3/h4-11,20H,12,23H2,1-3H3,(H,24,29)(H,26,27). The second-order valence-electron chi connectivity index (χ2n) is 7.20. The first-order chi connectivity index (χ1) is 15.0. The van der Waals surface area contributed by atoms with Crippen LogP contribution < -0.4 is 20.7 Å². The average Bonchev–Trinajstić information content (AvgIpc) is 3.14. The summed E-state index contributed by atoms with van der Waals surface area (Å²) in [4.78, 5) is 19.2. The Labute approximate surface area is 184 Å². The number of carbonyl (C=O) groups is 1. The monoisotopic (exact) mass is 436 g/mol. The quantitative estimate of drug-likeness (QED) is 0.560. The number of nitrogens with one attached hydrogen (secondary N) is 2. The maximum atomic E-state index is 12.6. The fourth-order valence-corrected chi connectivity index (χ4v) is 4.20. The lowest BCUT2D eigenvalue weighted by atomic mass is 10.1. The number of methoxy groups -OCH3 is 1. The molecule has 0 radical (unpaired) electrons. The molecule has 0 aliphatic carbocycles. The highest BCUT2D eigenvalue weighted by Crippen LogP contribution is 2.38. The molecule has 4 rings (SSSR count). The van der Waals surface area contributed by atoms with Gasteiger partial charge in [0.1, 0.15) is 11.9 Å². The van der Waals surface area contributed by atoms with Gasteiger partial charge in [0.25, 0.3) is 0 Å². The van der Waals surface area contributed by atoms with E-state index in [-0.39, 0.29) is 11.7 Å². The highest BCUT2D eigenvalue weighted by molar-refractivity contribution is 8.14. The van der Waals surface area contributed by atoms with Gasteiger partial charge in [-0.05, 0) is 38.1 Å². The summed E-state index contributed by atoms with van der Waals surface area (Å²) in [6, 6.07) is 15.3. The SMILES string of the molecule is COc1cccc(NC(=O)CSC2=Nc3n[nH]c(C)c3C(N)N2c2ccc(C)cc2)c1. The van der Waals surface area contributed by atoms with E-state index in [0.717, 1.165) is 22.5 Å². The van der Waals surface area contributed by atoms with Crippen molar-refractivity contribution >= 4 is 40.0 Å². The van der Waals surface area contributed by atoms with Gasteiger partial charge in [-0.3, -0.25) is 9.89 Å². The van der Waals surface area contributed by atoms with E-state index in [9.17, 15) is 4.79 Å². The number of aromatic amines is 1. The average molecular weight is 437 g/mol. The van der Waals surface area contributed by atoms with Crippen molar-refractivity contribution in [2.75, 3.05) is 23.1 Å². The van der Waals surface area contributed by atoms with E-state index >= 15 is 0 Å². The summed E-state index contributed by atoms with van der Waals surface area (Å²) in [5, 5.41) is 10.7. The maximum absolute atomic E-state index is 12.6. The molecule has 1 atom stereocenters. The highest BCUT2D eigenvalue weighted by atomic mass is 32.2. The number of ether oxygens (including phenoxy) is 1.